The number of fused-ring (bicyclic) bond motifs is 1. The molecule has 0 bridgehead atoms. The Kier molecular flexibility index (Phi) is 5.33. The smallest absolute Gasteiger partial charge is 0.323 e. The maximum Gasteiger partial charge on any atom is 0.323 e. The molecule has 0 atom stereocenters. The molecule has 0 radical (unpaired) electrons. The third-order valence-corrected chi connectivity index (χ3v) is 4.92. The zero-order valence-electron chi connectivity index (χ0n) is 16.9. The van der Waals surface area contributed by atoms with E-state index in [1.165, 1.54) is 12.1 Å². The van der Waals surface area contributed by atoms with Crippen LogP contribution in [0.15, 0.2) is 48.7 Å². The van der Waals surface area contributed by atoms with Crippen LogP contribution in [0.25, 0.3) is 11.3 Å². The van der Waals surface area contributed by atoms with Gasteiger partial charge in [0.2, 0.25) is 0 Å². The Morgan fingerprint density at radius 2 is 1.90 bits per heavy atom. The lowest BCUT2D eigenvalue weighted by atomic mass is 10.1. The summed E-state index contributed by atoms with van der Waals surface area (Å²) in [5, 5.41) is 2.80. The molecule has 154 valence electrons. The van der Waals surface area contributed by atoms with Gasteiger partial charge in [0.25, 0.3) is 0 Å². The highest BCUT2D eigenvalue weighted by Gasteiger charge is 2.25. The second-order valence-corrected chi connectivity index (χ2v) is 7.61. The largest absolute Gasteiger partial charge is 0.396 e. The number of nitrogen functional groups attached to an aromatic ring is 1. The molecular formula is C22H23FN6O. The van der Waals surface area contributed by atoms with E-state index in [0.717, 1.165) is 28.9 Å². The fourth-order valence-electron chi connectivity index (χ4n) is 3.42. The number of carbonyl (C=O) groups excluding carboxylic acids is 1. The number of aromatic nitrogens is 2. The summed E-state index contributed by atoms with van der Waals surface area (Å²) in [4.78, 5) is 25.5. The minimum absolute atomic E-state index is 0.282. The Morgan fingerprint density at radius 3 is 2.63 bits per heavy atom. The van der Waals surface area contributed by atoms with Crippen molar-refractivity contribution in [1.29, 1.82) is 0 Å². The van der Waals surface area contributed by atoms with Crippen molar-refractivity contribution < 1.29 is 9.18 Å². The summed E-state index contributed by atoms with van der Waals surface area (Å²) in [6.45, 7) is 1.73. The third-order valence-electron chi connectivity index (χ3n) is 4.92. The Bertz CT molecular complexity index is 1080. The van der Waals surface area contributed by atoms with E-state index in [4.69, 9.17) is 5.73 Å². The molecule has 4 rings (SSSR count). The van der Waals surface area contributed by atoms with E-state index in [9.17, 15) is 9.18 Å². The van der Waals surface area contributed by atoms with Crippen LogP contribution in [0.5, 0.6) is 0 Å². The van der Waals surface area contributed by atoms with Crippen LogP contribution in [0.4, 0.5) is 20.7 Å². The fraction of sp³-hybridized carbons (Fsp3) is 0.227. The highest BCUT2D eigenvalue weighted by atomic mass is 19.1. The first kappa shape index (κ1) is 19.8. The van der Waals surface area contributed by atoms with Crippen LogP contribution in [0.3, 0.4) is 0 Å². The van der Waals surface area contributed by atoms with Gasteiger partial charge in [-0.05, 0) is 67.7 Å². The van der Waals surface area contributed by atoms with Crippen molar-refractivity contribution in [3.8, 4) is 11.3 Å². The van der Waals surface area contributed by atoms with Gasteiger partial charge in [-0.1, -0.05) is 0 Å². The van der Waals surface area contributed by atoms with Crippen LogP contribution in [-0.4, -0.2) is 39.9 Å². The second-order valence-electron chi connectivity index (χ2n) is 7.61. The van der Waals surface area contributed by atoms with Gasteiger partial charge in [-0.2, -0.15) is 0 Å². The SMILES string of the molecule is CN(C)Cc1cc2c(cn1)CN(C(=O)Nc1nc(-c3ccc(F)cc3)ccc1N)C2. The lowest BCUT2D eigenvalue weighted by Gasteiger charge is -2.17. The standard InChI is InChI=1S/C22H23FN6O/c1-28(2)13-18-9-15-11-29(12-16(15)10-25-18)22(30)27-21-19(24)7-8-20(26-21)14-3-5-17(23)6-4-14/h3-10H,11-13,24H2,1-2H3,(H,26,27,30). The van der Waals surface area contributed by atoms with Gasteiger partial charge in [0.05, 0.1) is 17.1 Å². The van der Waals surface area contributed by atoms with Crippen molar-refractivity contribution in [1.82, 2.24) is 19.8 Å². The topological polar surface area (TPSA) is 87.4 Å². The van der Waals surface area contributed by atoms with Gasteiger partial charge in [-0.25, -0.2) is 14.2 Å². The number of benzene rings is 1. The first-order valence-corrected chi connectivity index (χ1v) is 9.59. The Hall–Kier alpha value is -3.52. The lowest BCUT2D eigenvalue weighted by Crippen LogP contribution is -2.30. The van der Waals surface area contributed by atoms with Gasteiger partial charge in [-0.3, -0.25) is 10.3 Å². The van der Waals surface area contributed by atoms with Crippen molar-refractivity contribution in [3.63, 3.8) is 0 Å². The number of amides is 2. The van der Waals surface area contributed by atoms with Crippen LogP contribution in [-0.2, 0) is 19.6 Å². The van der Waals surface area contributed by atoms with E-state index >= 15 is 0 Å². The fourth-order valence-corrected chi connectivity index (χ4v) is 3.42. The summed E-state index contributed by atoms with van der Waals surface area (Å²) >= 11 is 0. The first-order chi connectivity index (χ1) is 14.4. The van der Waals surface area contributed by atoms with Crippen molar-refractivity contribution in [2.45, 2.75) is 19.6 Å². The number of carbonyl (C=O) groups is 1. The Morgan fingerprint density at radius 1 is 1.17 bits per heavy atom. The number of hydrogen-bond acceptors (Lipinski definition) is 5. The molecule has 0 unspecified atom stereocenters. The monoisotopic (exact) mass is 406 g/mol. The molecule has 0 aliphatic carbocycles. The molecule has 30 heavy (non-hydrogen) atoms. The summed E-state index contributed by atoms with van der Waals surface area (Å²) in [6.07, 6.45) is 1.84. The number of rotatable bonds is 4. The molecule has 3 N–H and O–H groups in total. The van der Waals surface area contributed by atoms with Crippen molar-refractivity contribution >= 4 is 17.5 Å². The molecule has 3 heterocycles. The molecule has 1 aromatic carbocycles. The molecule has 7 nitrogen and oxygen atoms in total. The zero-order valence-corrected chi connectivity index (χ0v) is 16.9. The molecule has 0 saturated heterocycles. The van der Waals surface area contributed by atoms with Gasteiger partial charge >= 0.3 is 6.03 Å². The molecule has 2 aromatic heterocycles. The average Bonchev–Trinajstić information content (AvgIpc) is 3.13. The molecule has 3 aromatic rings. The van der Waals surface area contributed by atoms with Crippen molar-refractivity contribution in [3.05, 3.63) is 71.3 Å². The Balaban J connectivity index is 1.49. The van der Waals surface area contributed by atoms with Crippen LogP contribution < -0.4 is 11.1 Å². The highest BCUT2D eigenvalue weighted by Crippen LogP contribution is 2.26. The predicted octanol–water partition coefficient (Wildman–Crippen LogP) is 3.47. The van der Waals surface area contributed by atoms with Crippen molar-refractivity contribution in [2.75, 3.05) is 25.1 Å². The summed E-state index contributed by atoms with van der Waals surface area (Å²) in [5.41, 5.74) is 10.8. The van der Waals surface area contributed by atoms with E-state index in [1.54, 1.807) is 29.2 Å². The molecule has 0 fully saturated rings. The summed E-state index contributed by atoms with van der Waals surface area (Å²) in [6, 6.07) is 11.2. The molecule has 0 spiro atoms. The number of nitrogens with two attached hydrogens (primary N) is 1. The van der Waals surface area contributed by atoms with E-state index in [1.807, 2.05) is 26.4 Å². The summed E-state index contributed by atoms with van der Waals surface area (Å²) in [7, 11) is 3.98. The van der Waals surface area contributed by atoms with Gasteiger partial charge in [0.1, 0.15) is 5.82 Å². The van der Waals surface area contributed by atoms with Gasteiger partial charge in [0, 0.05) is 31.4 Å². The number of hydrogen-bond donors (Lipinski definition) is 2. The van der Waals surface area contributed by atoms with E-state index in [2.05, 4.69) is 20.2 Å². The maximum absolute atomic E-state index is 13.2. The summed E-state index contributed by atoms with van der Waals surface area (Å²) < 4.78 is 13.2. The van der Waals surface area contributed by atoms with Gasteiger partial charge in [-0.15, -0.1) is 0 Å². The minimum Gasteiger partial charge on any atom is -0.396 e. The number of nitrogens with one attached hydrogen (secondary N) is 1. The number of pyridine rings is 2. The average molecular weight is 406 g/mol. The minimum atomic E-state index is -0.320. The number of nitrogens with zero attached hydrogens (tertiary/aromatic N) is 4. The van der Waals surface area contributed by atoms with Crippen molar-refractivity contribution in [2.24, 2.45) is 0 Å². The van der Waals surface area contributed by atoms with Gasteiger partial charge in [0.15, 0.2) is 5.82 Å². The third kappa shape index (κ3) is 4.23. The maximum atomic E-state index is 13.2. The Labute approximate surface area is 174 Å². The number of urea groups is 1. The van der Waals surface area contributed by atoms with Crippen LogP contribution in [0.1, 0.15) is 16.8 Å². The zero-order chi connectivity index (χ0) is 21.3. The van der Waals surface area contributed by atoms with E-state index in [0.29, 0.717) is 24.5 Å². The summed E-state index contributed by atoms with van der Waals surface area (Å²) in [5.74, 6) is -0.0382. The quantitative estimate of drug-likeness (QED) is 0.693. The van der Waals surface area contributed by atoms with Gasteiger partial charge < -0.3 is 15.5 Å². The lowest BCUT2D eigenvalue weighted by molar-refractivity contribution is 0.212. The van der Waals surface area contributed by atoms with Crippen LogP contribution >= 0.6 is 0 Å². The number of halogens is 1. The molecule has 1 aliphatic heterocycles. The first-order valence-electron chi connectivity index (χ1n) is 9.59. The molecule has 8 heteroatoms. The second kappa shape index (κ2) is 8.08. The van der Waals surface area contributed by atoms with E-state index < -0.39 is 0 Å². The van der Waals surface area contributed by atoms with E-state index in [-0.39, 0.29) is 17.7 Å². The molecule has 0 saturated carbocycles. The normalized spacial score (nSPS) is 12.9. The number of anilines is 2. The van der Waals surface area contributed by atoms with Crippen LogP contribution in [0.2, 0.25) is 0 Å². The molecule has 2 amide bonds. The highest BCUT2D eigenvalue weighted by molar-refractivity contribution is 5.92. The predicted molar refractivity (Wildman–Crippen MR) is 114 cm³/mol. The molecular weight excluding hydrogens is 383 g/mol. The van der Waals surface area contributed by atoms with Crippen LogP contribution in [0, 0.1) is 5.82 Å². The molecule has 1 aliphatic rings.